The van der Waals surface area contributed by atoms with Gasteiger partial charge in [0.15, 0.2) is 5.11 Å². The van der Waals surface area contributed by atoms with E-state index in [1.807, 2.05) is 49.1 Å². The highest BCUT2D eigenvalue weighted by Gasteiger charge is 2.41. The topological polar surface area (TPSA) is 58.9 Å². The van der Waals surface area contributed by atoms with Crippen molar-refractivity contribution in [2.24, 2.45) is 0 Å². The van der Waals surface area contributed by atoms with Gasteiger partial charge in [0.05, 0.1) is 17.8 Å². The van der Waals surface area contributed by atoms with Crippen molar-refractivity contribution in [2.75, 3.05) is 0 Å². The highest BCUT2D eigenvalue weighted by molar-refractivity contribution is 7.80. The smallest absolute Gasteiger partial charge is 0.170 e. The van der Waals surface area contributed by atoms with Crippen LogP contribution in [0.2, 0.25) is 0 Å². The number of nitrogens with zero attached hydrogens (tertiary/aromatic N) is 5. The molecule has 1 saturated heterocycles. The van der Waals surface area contributed by atoms with Crippen LogP contribution in [0.25, 0.3) is 0 Å². The average molecular weight is 455 g/mol. The number of rotatable bonds is 6. The number of hydrogen-bond acceptors (Lipinski definition) is 4. The Labute approximate surface area is 199 Å². The summed E-state index contributed by atoms with van der Waals surface area (Å²) in [4.78, 5) is 15.5. The van der Waals surface area contributed by atoms with Crippen LogP contribution in [0.4, 0.5) is 0 Å². The summed E-state index contributed by atoms with van der Waals surface area (Å²) in [5, 5.41) is 4.28. The summed E-state index contributed by atoms with van der Waals surface area (Å²) in [6.07, 6.45) is 9.27. The molecule has 4 aromatic rings. The molecule has 1 aliphatic heterocycles. The molecule has 0 aliphatic carbocycles. The molecule has 33 heavy (non-hydrogen) atoms. The summed E-state index contributed by atoms with van der Waals surface area (Å²) in [7, 11) is 0. The summed E-state index contributed by atoms with van der Waals surface area (Å²) >= 11 is 5.83. The van der Waals surface area contributed by atoms with E-state index in [1.165, 1.54) is 22.5 Å². The van der Waals surface area contributed by atoms with Gasteiger partial charge >= 0.3 is 0 Å². The average Bonchev–Trinajstić information content (AvgIpc) is 3.31. The van der Waals surface area contributed by atoms with Gasteiger partial charge in [0.2, 0.25) is 0 Å². The number of aromatic nitrogens is 4. The molecule has 0 unspecified atom stereocenters. The number of hydrogen-bond donors (Lipinski definition) is 1. The molecular formula is C26H26N6S. The van der Waals surface area contributed by atoms with Gasteiger partial charge in [-0.15, -0.1) is 0 Å². The van der Waals surface area contributed by atoms with Crippen molar-refractivity contribution >= 4 is 17.3 Å². The first kappa shape index (κ1) is 21.3. The van der Waals surface area contributed by atoms with E-state index in [-0.39, 0.29) is 12.1 Å². The molecule has 6 nitrogen and oxygen atoms in total. The number of nitrogens with one attached hydrogen (secondary N) is 1. The highest BCUT2D eigenvalue weighted by Crippen LogP contribution is 2.41. The maximum absolute atomic E-state index is 5.83. The second-order valence-corrected chi connectivity index (χ2v) is 8.78. The van der Waals surface area contributed by atoms with E-state index in [0.717, 1.165) is 22.9 Å². The van der Waals surface area contributed by atoms with E-state index in [2.05, 4.69) is 67.8 Å². The molecule has 0 aromatic carbocycles. The zero-order chi connectivity index (χ0) is 22.8. The second kappa shape index (κ2) is 9.11. The lowest BCUT2D eigenvalue weighted by Gasteiger charge is -2.28. The quantitative estimate of drug-likeness (QED) is 0.433. The zero-order valence-corrected chi connectivity index (χ0v) is 19.5. The van der Waals surface area contributed by atoms with Crippen LogP contribution in [0.15, 0.2) is 79.5 Å². The van der Waals surface area contributed by atoms with Crippen molar-refractivity contribution in [3.05, 3.63) is 113 Å². The summed E-state index contributed by atoms with van der Waals surface area (Å²) in [6.45, 7) is 5.82. The van der Waals surface area contributed by atoms with Gasteiger partial charge in [-0.3, -0.25) is 15.0 Å². The van der Waals surface area contributed by atoms with Gasteiger partial charge in [0.25, 0.3) is 0 Å². The first-order valence-electron chi connectivity index (χ1n) is 11.0. The Hall–Kier alpha value is -3.58. The van der Waals surface area contributed by atoms with Gasteiger partial charge in [-0.05, 0) is 73.1 Å². The molecule has 0 spiro atoms. The minimum atomic E-state index is -0.0392. The minimum absolute atomic E-state index is 0.0152. The Morgan fingerprint density at radius 3 is 2.27 bits per heavy atom. The molecule has 0 bridgehead atoms. The van der Waals surface area contributed by atoms with Gasteiger partial charge < -0.3 is 14.8 Å². The van der Waals surface area contributed by atoms with E-state index in [0.29, 0.717) is 6.54 Å². The Bertz CT molecular complexity index is 1240. The molecular weight excluding hydrogens is 428 g/mol. The van der Waals surface area contributed by atoms with Gasteiger partial charge in [0, 0.05) is 55.5 Å². The van der Waals surface area contributed by atoms with E-state index in [9.17, 15) is 0 Å². The van der Waals surface area contributed by atoms with Crippen molar-refractivity contribution in [1.82, 2.24) is 29.7 Å². The SMILES string of the molecule is Cc1cc([C@H]2[C@@H](c3ccccn3)NC(=S)N2Cc2cccnc2)c(C)n1Cc1cccnc1. The van der Waals surface area contributed by atoms with Gasteiger partial charge in [-0.25, -0.2) is 0 Å². The van der Waals surface area contributed by atoms with Gasteiger partial charge in [0.1, 0.15) is 0 Å². The highest BCUT2D eigenvalue weighted by atomic mass is 32.1. The fraction of sp³-hybridized carbons (Fsp3) is 0.231. The Kier molecular flexibility index (Phi) is 5.88. The van der Waals surface area contributed by atoms with Crippen LogP contribution in [-0.2, 0) is 13.1 Å². The monoisotopic (exact) mass is 454 g/mol. The van der Waals surface area contributed by atoms with Crippen LogP contribution >= 0.6 is 12.2 Å². The maximum atomic E-state index is 5.83. The van der Waals surface area contributed by atoms with Crippen LogP contribution in [0, 0.1) is 13.8 Å². The Morgan fingerprint density at radius 2 is 1.64 bits per heavy atom. The largest absolute Gasteiger partial charge is 0.352 e. The van der Waals surface area contributed by atoms with E-state index >= 15 is 0 Å². The van der Waals surface area contributed by atoms with Crippen molar-refractivity contribution in [3.8, 4) is 0 Å². The minimum Gasteiger partial charge on any atom is -0.352 e. The first-order valence-corrected chi connectivity index (χ1v) is 11.4. The van der Waals surface area contributed by atoms with Crippen LogP contribution in [0.1, 0.15) is 45.9 Å². The Morgan fingerprint density at radius 1 is 0.909 bits per heavy atom. The van der Waals surface area contributed by atoms with Crippen molar-refractivity contribution in [2.45, 2.75) is 39.0 Å². The lowest BCUT2D eigenvalue weighted by Crippen LogP contribution is -2.29. The molecule has 2 atom stereocenters. The first-order chi connectivity index (χ1) is 16.1. The standard InChI is InChI=1S/C26H26N6S/c1-18-13-22(19(2)31(18)16-20-7-5-10-27-14-20)25-24(23-9-3-4-12-29-23)30-26(33)32(25)17-21-8-6-11-28-15-21/h3-15,24-25H,16-17H2,1-2H3,(H,30,33)/t24-,25+/m1/s1. The summed E-state index contributed by atoms with van der Waals surface area (Å²) in [5.41, 5.74) is 6.98. The predicted molar refractivity (Wildman–Crippen MR) is 132 cm³/mol. The number of thiocarbonyl (C=S) groups is 1. The molecule has 1 N–H and O–H groups in total. The third-order valence-electron chi connectivity index (χ3n) is 6.27. The lowest BCUT2D eigenvalue weighted by atomic mass is 9.96. The van der Waals surface area contributed by atoms with E-state index in [4.69, 9.17) is 12.2 Å². The second-order valence-electron chi connectivity index (χ2n) is 8.39. The molecule has 0 saturated carbocycles. The zero-order valence-electron chi connectivity index (χ0n) is 18.7. The molecule has 0 amide bonds. The third kappa shape index (κ3) is 4.24. The molecule has 4 aromatic heterocycles. The van der Waals surface area contributed by atoms with Crippen LogP contribution in [0.3, 0.4) is 0 Å². The predicted octanol–water partition coefficient (Wildman–Crippen LogP) is 4.51. The molecule has 0 radical (unpaired) electrons. The summed E-state index contributed by atoms with van der Waals surface area (Å²) in [5.74, 6) is 0. The molecule has 1 aliphatic rings. The molecule has 166 valence electrons. The van der Waals surface area contributed by atoms with Crippen molar-refractivity contribution < 1.29 is 0 Å². The maximum Gasteiger partial charge on any atom is 0.170 e. The fourth-order valence-corrected chi connectivity index (χ4v) is 4.95. The normalized spacial score (nSPS) is 17.9. The van der Waals surface area contributed by atoms with Crippen LogP contribution < -0.4 is 5.32 Å². The van der Waals surface area contributed by atoms with Crippen LogP contribution in [0.5, 0.6) is 0 Å². The lowest BCUT2D eigenvalue weighted by molar-refractivity contribution is 0.309. The molecule has 5 heterocycles. The fourth-order valence-electron chi connectivity index (χ4n) is 4.65. The number of aryl methyl sites for hydroxylation is 1. The van der Waals surface area contributed by atoms with Crippen LogP contribution in [-0.4, -0.2) is 29.5 Å². The van der Waals surface area contributed by atoms with E-state index in [1.54, 1.807) is 6.20 Å². The van der Waals surface area contributed by atoms with Gasteiger partial charge in [-0.2, -0.15) is 0 Å². The molecule has 1 fully saturated rings. The van der Waals surface area contributed by atoms with E-state index < -0.39 is 0 Å². The summed E-state index contributed by atoms with van der Waals surface area (Å²) in [6, 6.07) is 16.5. The molecule has 5 rings (SSSR count). The van der Waals surface area contributed by atoms with Gasteiger partial charge in [-0.1, -0.05) is 18.2 Å². The van der Waals surface area contributed by atoms with Crippen molar-refractivity contribution in [1.29, 1.82) is 0 Å². The van der Waals surface area contributed by atoms with Crippen molar-refractivity contribution in [3.63, 3.8) is 0 Å². The summed E-state index contributed by atoms with van der Waals surface area (Å²) < 4.78 is 2.35. The Balaban J connectivity index is 1.56. The number of pyridine rings is 3. The molecule has 7 heteroatoms. The third-order valence-corrected chi connectivity index (χ3v) is 6.62.